The molecule has 2 aromatic carbocycles. The highest BCUT2D eigenvalue weighted by Gasteiger charge is 2.28. The van der Waals surface area contributed by atoms with Crippen molar-refractivity contribution in [3.8, 4) is 39.7 Å². The number of esters is 1. The van der Waals surface area contributed by atoms with Crippen LogP contribution in [0.5, 0.6) is 17.2 Å². The van der Waals surface area contributed by atoms with E-state index < -0.39 is 17.6 Å². The summed E-state index contributed by atoms with van der Waals surface area (Å²) < 4.78 is 18.1. The quantitative estimate of drug-likeness (QED) is 0.219. The summed E-state index contributed by atoms with van der Waals surface area (Å²) in [5, 5.41) is 24.9. The zero-order chi connectivity index (χ0) is 28.6. The lowest BCUT2D eigenvalue weighted by Crippen LogP contribution is -2.27. The van der Waals surface area contributed by atoms with E-state index in [1.54, 1.807) is 31.2 Å². The summed E-state index contributed by atoms with van der Waals surface area (Å²) in [6, 6.07) is 9.21. The number of nitrogens with one attached hydrogen (secondary N) is 1. The molecule has 0 radical (unpaired) electrons. The van der Waals surface area contributed by atoms with Crippen LogP contribution in [0.1, 0.15) is 27.9 Å². The third-order valence-corrected chi connectivity index (χ3v) is 6.11. The van der Waals surface area contributed by atoms with Gasteiger partial charge in [-0.15, -0.1) is 5.10 Å². The van der Waals surface area contributed by atoms with E-state index in [1.807, 2.05) is 0 Å². The third-order valence-electron chi connectivity index (χ3n) is 5.81. The first kappa shape index (κ1) is 26.4. The molecule has 14 nitrogen and oxygen atoms in total. The highest BCUT2D eigenvalue weighted by atomic mass is 35.5. The van der Waals surface area contributed by atoms with Crippen LogP contribution in [0.25, 0.3) is 28.1 Å². The first-order valence-corrected chi connectivity index (χ1v) is 12.1. The molecule has 0 saturated heterocycles. The van der Waals surface area contributed by atoms with E-state index in [1.165, 1.54) is 20.2 Å². The Balaban J connectivity index is 1.53. The van der Waals surface area contributed by atoms with Crippen LogP contribution in [-0.2, 0) is 7.05 Å². The molecule has 0 fully saturated rings. The highest BCUT2D eigenvalue weighted by molar-refractivity contribution is 6.32. The maximum absolute atomic E-state index is 12.8. The summed E-state index contributed by atoms with van der Waals surface area (Å²) in [5.41, 5.74) is -0.0320. The number of nitrogens with zero attached hydrogens (tertiary/aromatic N) is 6. The lowest BCUT2D eigenvalue weighted by Gasteiger charge is -2.10. The lowest BCUT2D eigenvalue weighted by molar-refractivity contribution is 0.0730. The topological polar surface area (TPSA) is 176 Å². The molecule has 0 atom stereocenters. The Labute approximate surface area is 229 Å². The fourth-order valence-electron chi connectivity index (χ4n) is 3.87. The Kier molecular flexibility index (Phi) is 6.92. The number of benzene rings is 2. The van der Waals surface area contributed by atoms with Crippen LogP contribution in [0.4, 0.5) is 0 Å². The second-order valence-corrected chi connectivity index (χ2v) is 8.70. The number of rotatable bonds is 7. The number of hydrogen-bond donors (Lipinski definition) is 2. The molecule has 2 N–H and O–H groups in total. The van der Waals surface area contributed by atoms with E-state index in [4.69, 9.17) is 25.6 Å². The summed E-state index contributed by atoms with van der Waals surface area (Å²) in [6.45, 7) is 2.11. The van der Waals surface area contributed by atoms with Gasteiger partial charge in [-0.3, -0.25) is 4.79 Å². The number of fused-ring (bicyclic) bond motifs is 1. The number of halogens is 1. The first-order valence-electron chi connectivity index (χ1n) is 11.7. The van der Waals surface area contributed by atoms with Gasteiger partial charge in [-0.05, 0) is 30.7 Å². The molecule has 3 heterocycles. The lowest BCUT2D eigenvalue weighted by atomic mass is 9.98. The Hall–Kier alpha value is -5.24. The van der Waals surface area contributed by atoms with E-state index in [0.717, 1.165) is 21.5 Å². The van der Waals surface area contributed by atoms with Gasteiger partial charge < -0.3 is 24.4 Å². The van der Waals surface area contributed by atoms with Gasteiger partial charge >= 0.3 is 11.7 Å². The molecule has 204 valence electrons. The molecule has 0 spiro atoms. The minimum absolute atomic E-state index is 0.00745. The van der Waals surface area contributed by atoms with Crippen molar-refractivity contribution in [3.63, 3.8) is 0 Å². The van der Waals surface area contributed by atoms with Gasteiger partial charge in [0, 0.05) is 19.7 Å². The molecule has 0 aliphatic carbocycles. The molecule has 0 aliphatic rings. The fourth-order valence-corrected chi connectivity index (χ4v) is 4.08. The van der Waals surface area contributed by atoms with Crippen LogP contribution in [0.3, 0.4) is 0 Å². The number of methoxy groups -OCH3 is 1. The number of carbonyl (C=O) groups excluding carboxylic acids is 2. The summed E-state index contributed by atoms with van der Waals surface area (Å²) in [4.78, 5) is 41.6. The van der Waals surface area contributed by atoms with Gasteiger partial charge in [-0.25, -0.2) is 19.0 Å². The van der Waals surface area contributed by atoms with E-state index >= 15 is 0 Å². The summed E-state index contributed by atoms with van der Waals surface area (Å²) in [5.74, 6) is -1.42. The number of hydrogen-bond acceptors (Lipinski definition) is 11. The average molecular weight is 566 g/mol. The zero-order valence-corrected chi connectivity index (χ0v) is 22.0. The van der Waals surface area contributed by atoms with Gasteiger partial charge in [0.2, 0.25) is 0 Å². The monoisotopic (exact) mass is 565 g/mol. The van der Waals surface area contributed by atoms with Gasteiger partial charge in [0.25, 0.3) is 5.91 Å². The van der Waals surface area contributed by atoms with E-state index in [0.29, 0.717) is 23.4 Å². The Morgan fingerprint density at radius 1 is 1.18 bits per heavy atom. The van der Waals surface area contributed by atoms with Gasteiger partial charge in [-0.2, -0.15) is 4.68 Å². The molecule has 1 amide bonds. The maximum atomic E-state index is 12.8. The number of imidazole rings is 1. The Morgan fingerprint density at radius 2 is 1.93 bits per heavy atom. The molecule has 0 unspecified atom stereocenters. The van der Waals surface area contributed by atoms with E-state index in [-0.39, 0.29) is 44.9 Å². The van der Waals surface area contributed by atoms with Crippen LogP contribution in [-0.4, -0.2) is 60.2 Å². The zero-order valence-electron chi connectivity index (χ0n) is 21.2. The van der Waals surface area contributed by atoms with Crippen molar-refractivity contribution < 1.29 is 28.7 Å². The van der Waals surface area contributed by atoms with Crippen molar-refractivity contribution >= 4 is 29.1 Å². The number of carbonyl (C=O) groups is 2. The van der Waals surface area contributed by atoms with Gasteiger partial charge in [0.05, 0.1) is 23.3 Å². The van der Waals surface area contributed by atoms with Crippen molar-refractivity contribution in [1.29, 1.82) is 0 Å². The molecule has 5 rings (SSSR count). The molecule has 5 aromatic rings. The van der Waals surface area contributed by atoms with Crippen LogP contribution in [0.2, 0.25) is 5.02 Å². The summed E-state index contributed by atoms with van der Waals surface area (Å²) in [6.07, 6.45) is 1.11. The van der Waals surface area contributed by atoms with Gasteiger partial charge in [0.1, 0.15) is 17.8 Å². The SMILES string of the molecule is CCNC(=O)c1noc(-c2cc(Cl)c(OC(=O)c3ncn4c(=O)n(C)nnc34)cc2O)c1-c1ccc(OC)cc1. The van der Waals surface area contributed by atoms with Crippen LogP contribution in [0, 0.1) is 0 Å². The number of aromatic nitrogens is 6. The first-order chi connectivity index (χ1) is 19.2. The molecule has 15 heteroatoms. The van der Waals surface area contributed by atoms with Crippen molar-refractivity contribution in [2.45, 2.75) is 6.92 Å². The van der Waals surface area contributed by atoms with E-state index in [2.05, 4.69) is 25.8 Å². The second-order valence-electron chi connectivity index (χ2n) is 8.29. The van der Waals surface area contributed by atoms with Crippen LogP contribution >= 0.6 is 11.6 Å². The van der Waals surface area contributed by atoms with Crippen molar-refractivity contribution in [1.82, 2.24) is 34.9 Å². The van der Waals surface area contributed by atoms with E-state index in [9.17, 15) is 19.5 Å². The molecular formula is C25H20ClN7O7. The normalized spacial score (nSPS) is 11.0. The predicted octanol–water partition coefficient (Wildman–Crippen LogP) is 2.48. The van der Waals surface area contributed by atoms with Crippen molar-refractivity contribution in [2.24, 2.45) is 7.05 Å². The smallest absolute Gasteiger partial charge is 0.366 e. The summed E-state index contributed by atoms with van der Waals surface area (Å²) in [7, 11) is 2.92. The largest absolute Gasteiger partial charge is 0.507 e. The number of amides is 1. The second kappa shape index (κ2) is 10.5. The maximum Gasteiger partial charge on any atom is 0.366 e. The molecule has 0 bridgehead atoms. The average Bonchev–Trinajstić information content (AvgIpc) is 3.58. The van der Waals surface area contributed by atoms with Crippen LogP contribution in [0.15, 0.2) is 52.0 Å². The van der Waals surface area contributed by atoms with Crippen molar-refractivity contribution in [2.75, 3.05) is 13.7 Å². The van der Waals surface area contributed by atoms with Gasteiger partial charge in [-0.1, -0.05) is 34.1 Å². The summed E-state index contributed by atoms with van der Waals surface area (Å²) >= 11 is 6.42. The molecular weight excluding hydrogens is 546 g/mol. The van der Waals surface area contributed by atoms with Crippen LogP contribution < -0.4 is 20.5 Å². The highest BCUT2D eigenvalue weighted by Crippen LogP contribution is 2.43. The predicted molar refractivity (Wildman–Crippen MR) is 140 cm³/mol. The number of aromatic hydroxyl groups is 1. The Bertz CT molecular complexity index is 1830. The van der Waals surface area contributed by atoms with Gasteiger partial charge in [0.15, 0.2) is 28.5 Å². The molecule has 40 heavy (non-hydrogen) atoms. The number of phenolic OH excluding ortho intramolecular Hbond substituents is 1. The fraction of sp³-hybridized carbons (Fsp3) is 0.160. The standard InChI is InChI=1S/C25H20ClN7O7/c1-4-27-23(35)19-18(12-5-7-13(38-3)8-6-12)21(40-30-19)14-9-15(26)17(10-16(14)34)39-24(36)20-22-29-31-32(2)25(37)33(22)11-28-20/h5-11,34H,4H2,1-3H3,(H,27,35). The third kappa shape index (κ3) is 4.60. The molecule has 3 aromatic heterocycles. The minimum Gasteiger partial charge on any atom is -0.507 e. The number of ether oxygens (including phenoxy) is 2. The molecule has 0 saturated carbocycles. The number of aryl methyl sites for hydroxylation is 1. The molecule has 0 aliphatic heterocycles. The number of phenols is 1. The van der Waals surface area contributed by atoms with Crippen molar-refractivity contribution in [3.05, 3.63) is 69.6 Å². The Morgan fingerprint density at radius 3 is 2.62 bits per heavy atom. The minimum atomic E-state index is -0.990.